The van der Waals surface area contributed by atoms with Gasteiger partial charge in [0.1, 0.15) is 5.75 Å². The third kappa shape index (κ3) is 3.85. The summed E-state index contributed by atoms with van der Waals surface area (Å²) < 4.78 is 31.1. The Bertz CT molecular complexity index is 1450. The Labute approximate surface area is 209 Å². The summed E-state index contributed by atoms with van der Waals surface area (Å²) in [6.07, 6.45) is 3.78. The van der Waals surface area contributed by atoms with Gasteiger partial charge in [-0.15, -0.1) is 0 Å². The molecule has 2 aliphatic heterocycles. The second-order valence-electron chi connectivity index (χ2n) is 8.99. The Morgan fingerprint density at radius 3 is 2.53 bits per heavy atom. The van der Waals surface area contributed by atoms with E-state index in [1.165, 1.54) is 16.8 Å². The molecule has 7 heteroatoms. The minimum Gasteiger partial charge on any atom is -0.508 e. The van der Waals surface area contributed by atoms with Gasteiger partial charge < -0.3 is 28.8 Å². The third-order valence-corrected chi connectivity index (χ3v) is 6.94. The molecule has 0 bridgehead atoms. The highest BCUT2D eigenvalue weighted by Gasteiger charge is 2.32. The smallest absolute Gasteiger partial charge is 0.231 e. The number of rotatable bonds is 7. The lowest BCUT2D eigenvalue weighted by atomic mass is 9.90. The maximum atomic E-state index is 9.53. The molecular formula is C29H28NO6+. The molecule has 0 unspecified atom stereocenters. The Kier molecular flexibility index (Phi) is 5.77. The zero-order chi connectivity index (χ0) is 24.6. The summed E-state index contributed by atoms with van der Waals surface area (Å²) in [7, 11) is 3.34. The number of benzene rings is 3. The fourth-order valence-electron chi connectivity index (χ4n) is 5.22. The zero-order valence-electron chi connectivity index (χ0n) is 20.4. The van der Waals surface area contributed by atoms with Crippen molar-refractivity contribution in [3.05, 3.63) is 71.4 Å². The van der Waals surface area contributed by atoms with Crippen LogP contribution in [0.15, 0.2) is 54.7 Å². The molecule has 3 heterocycles. The molecule has 0 spiro atoms. The average molecular weight is 487 g/mol. The van der Waals surface area contributed by atoms with E-state index < -0.39 is 0 Å². The lowest BCUT2D eigenvalue weighted by molar-refractivity contribution is -0.686. The predicted molar refractivity (Wildman–Crippen MR) is 134 cm³/mol. The number of nitrogens with zero attached hydrogens (tertiary/aromatic N) is 1. The van der Waals surface area contributed by atoms with Gasteiger partial charge in [0.15, 0.2) is 35.7 Å². The van der Waals surface area contributed by atoms with E-state index in [1.807, 2.05) is 18.2 Å². The second-order valence-corrected chi connectivity index (χ2v) is 8.99. The van der Waals surface area contributed by atoms with Crippen LogP contribution in [0.3, 0.4) is 0 Å². The van der Waals surface area contributed by atoms with Crippen molar-refractivity contribution >= 4 is 10.8 Å². The number of pyridine rings is 1. The van der Waals surface area contributed by atoms with Gasteiger partial charge in [-0.1, -0.05) is 12.1 Å². The molecule has 0 atom stereocenters. The fourth-order valence-corrected chi connectivity index (χ4v) is 5.22. The SMILES string of the molecule is COc1ccc2c(CCOCc3ccc(O)cc3)c3[n+](cc2c1OC)CCc1cc2c(cc1-3)OCO2. The van der Waals surface area contributed by atoms with Crippen LogP contribution >= 0.6 is 0 Å². The molecule has 0 amide bonds. The van der Waals surface area contributed by atoms with Crippen molar-refractivity contribution in [1.29, 1.82) is 0 Å². The minimum absolute atomic E-state index is 0.252. The van der Waals surface area contributed by atoms with Gasteiger partial charge in [0.25, 0.3) is 0 Å². The molecule has 6 rings (SSSR count). The lowest BCUT2D eigenvalue weighted by Gasteiger charge is -2.21. The summed E-state index contributed by atoms with van der Waals surface area (Å²) in [6, 6.07) is 15.4. The van der Waals surface area contributed by atoms with Crippen molar-refractivity contribution in [2.45, 2.75) is 26.0 Å². The highest BCUT2D eigenvalue weighted by molar-refractivity contribution is 5.95. The van der Waals surface area contributed by atoms with Crippen LogP contribution in [0.4, 0.5) is 0 Å². The molecular weight excluding hydrogens is 458 g/mol. The molecule has 3 aromatic carbocycles. The van der Waals surface area contributed by atoms with Crippen LogP contribution in [0.1, 0.15) is 16.7 Å². The first-order valence-electron chi connectivity index (χ1n) is 12.0. The van der Waals surface area contributed by atoms with E-state index >= 15 is 0 Å². The Morgan fingerprint density at radius 2 is 1.75 bits per heavy atom. The number of aryl methyl sites for hydroxylation is 2. The molecule has 36 heavy (non-hydrogen) atoms. The van der Waals surface area contributed by atoms with E-state index in [0.717, 1.165) is 52.1 Å². The molecule has 0 aliphatic carbocycles. The van der Waals surface area contributed by atoms with Crippen LogP contribution in [-0.2, 0) is 30.7 Å². The summed E-state index contributed by atoms with van der Waals surface area (Å²) in [5, 5.41) is 11.7. The molecule has 184 valence electrons. The minimum atomic E-state index is 0.252. The number of hydrogen-bond acceptors (Lipinski definition) is 6. The molecule has 0 fully saturated rings. The highest BCUT2D eigenvalue weighted by Crippen LogP contribution is 2.43. The van der Waals surface area contributed by atoms with Gasteiger partial charge in [0.2, 0.25) is 12.5 Å². The summed E-state index contributed by atoms with van der Waals surface area (Å²) in [5.74, 6) is 3.28. The molecule has 2 aliphatic rings. The number of phenols is 1. The molecule has 0 saturated carbocycles. The van der Waals surface area contributed by atoms with Gasteiger partial charge >= 0.3 is 0 Å². The summed E-state index contributed by atoms with van der Waals surface area (Å²) in [4.78, 5) is 0. The number of hydrogen-bond donors (Lipinski definition) is 1. The summed E-state index contributed by atoms with van der Waals surface area (Å²) in [6.45, 7) is 2.12. The van der Waals surface area contributed by atoms with Crippen LogP contribution in [0.25, 0.3) is 22.0 Å². The van der Waals surface area contributed by atoms with Gasteiger partial charge in [0.05, 0.1) is 38.4 Å². The van der Waals surface area contributed by atoms with Crippen molar-refractivity contribution in [1.82, 2.24) is 0 Å². The van der Waals surface area contributed by atoms with Crippen molar-refractivity contribution < 1.29 is 33.4 Å². The van der Waals surface area contributed by atoms with E-state index in [4.69, 9.17) is 23.7 Å². The number of phenolic OH excluding ortho intramolecular Hbond substituents is 1. The molecule has 1 N–H and O–H groups in total. The lowest BCUT2D eigenvalue weighted by Crippen LogP contribution is -2.41. The fraction of sp³-hybridized carbons (Fsp3) is 0.276. The number of fused-ring (bicyclic) bond motifs is 5. The largest absolute Gasteiger partial charge is 0.508 e. The Balaban J connectivity index is 1.43. The van der Waals surface area contributed by atoms with Crippen LogP contribution in [0.2, 0.25) is 0 Å². The van der Waals surface area contributed by atoms with E-state index in [9.17, 15) is 5.11 Å². The van der Waals surface area contributed by atoms with Crippen LogP contribution in [-0.4, -0.2) is 32.7 Å². The van der Waals surface area contributed by atoms with Crippen LogP contribution in [0.5, 0.6) is 28.7 Å². The first kappa shape index (κ1) is 22.5. The van der Waals surface area contributed by atoms with E-state index in [2.05, 4.69) is 29.0 Å². The molecule has 0 saturated heterocycles. The molecule has 0 radical (unpaired) electrons. The van der Waals surface area contributed by atoms with Crippen molar-refractivity contribution in [2.75, 3.05) is 27.6 Å². The molecule has 4 aromatic rings. The van der Waals surface area contributed by atoms with Gasteiger partial charge in [-0.2, -0.15) is 4.57 Å². The first-order valence-corrected chi connectivity index (χ1v) is 12.0. The van der Waals surface area contributed by atoms with Crippen molar-refractivity contribution in [3.8, 4) is 40.0 Å². The maximum absolute atomic E-state index is 9.53. The first-order chi connectivity index (χ1) is 17.7. The number of aromatic hydroxyl groups is 1. The number of ether oxygens (including phenoxy) is 5. The number of aromatic nitrogens is 1. The standard InChI is InChI=1S/C29H27NO6/c1-32-25-8-7-21-22(10-12-34-16-18-3-5-20(31)6-4-18)28-23-14-27-26(35-17-36-27)13-19(23)9-11-30(28)15-24(21)29(25)33-2/h3-8,13-15H,9-12,16-17H2,1-2H3/p+1. The van der Waals surface area contributed by atoms with E-state index in [1.54, 1.807) is 26.4 Å². The monoisotopic (exact) mass is 486 g/mol. The predicted octanol–water partition coefficient (Wildman–Crippen LogP) is 4.56. The van der Waals surface area contributed by atoms with E-state index in [-0.39, 0.29) is 12.5 Å². The zero-order valence-corrected chi connectivity index (χ0v) is 20.4. The highest BCUT2D eigenvalue weighted by atomic mass is 16.7. The number of methoxy groups -OCH3 is 2. The second kappa shape index (κ2) is 9.24. The average Bonchev–Trinajstić information content (AvgIpc) is 3.36. The summed E-state index contributed by atoms with van der Waals surface area (Å²) in [5.41, 5.74) is 5.80. The van der Waals surface area contributed by atoms with Gasteiger partial charge in [-0.25, -0.2) is 0 Å². The van der Waals surface area contributed by atoms with Gasteiger partial charge in [-0.3, -0.25) is 0 Å². The van der Waals surface area contributed by atoms with Crippen LogP contribution < -0.4 is 23.5 Å². The molecule has 1 aromatic heterocycles. The Morgan fingerprint density at radius 1 is 0.944 bits per heavy atom. The van der Waals surface area contributed by atoms with Crippen LogP contribution in [0, 0.1) is 0 Å². The summed E-state index contributed by atoms with van der Waals surface area (Å²) >= 11 is 0. The van der Waals surface area contributed by atoms with Crippen molar-refractivity contribution in [3.63, 3.8) is 0 Å². The normalized spacial score (nSPS) is 13.4. The quantitative estimate of drug-likeness (QED) is 0.305. The Hall–Kier alpha value is -3.97. The van der Waals surface area contributed by atoms with Gasteiger partial charge in [-0.05, 0) is 47.5 Å². The third-order valence-electron chi connectivity index (χ3n) is 6.94. The molecule has 7 nitrogen and oxygen atoms in total. The van der Waals surface area contributed by atoms with Crippen molar-refractivity contribution in [2.24, 2.45) is 0 Å². The topological polar surface area (TPSA) is 70.3 Å². The van der Waals surface area contributed by atoms with Gasteiger partial charge in [0, 0.05) is 23.8 Å². The van der Waals surface area contributed by atoms with E-state index in [0.29, 0.717) is 25.4 Å². The maximum Gasteiger partial charge on any atom is 0.231 e.